The second-order valence-corrected chi connectivity index (χ2v) is 9.45. The van der Waals surface area contributed by atoms with Crippen molar-refractivity contribution in [2.45, 2.75) is 45.6 Å². The van der Waals surface area contributed by atoms with Crippen molar-refractivity contribution in [2.75, 3.05) is 24.2 Å². The maximum atomic E-state index is 13.0. The smallest absolute Gasteiger partial charge is 0.335 e. The molecule has 0 aromatic heterocycles. The number of esters is 1. The maximum absolute atomic E-state index is 13.0. The van der Waals surface area contributed by atoms with Crippen molar-refractivity contribution in [3.05, 3.63) is 41.0 Å². The number of carbonyl (C=O) groups excluding carboxylic acids is 2. The first-order valence-corrected chi connectivity index (χ1v) is 11.2. The molecule has 152 valence electrons. The normalized spacial score (nSPS) is 19.8. The molecule has 1 N–H and O–H groups in total. The van der Waals surface area contributed by atoms with Crippen LogP contribution in [0.1, 0.15) is 39.2 Å². The van der Waals surface area contributed by atoms with Gasteiger partial charge in [0.15, 0.2) is 0 Å². The highest BCUT2D eigenvalue weighted by atomic mass is 32.2. The summed E-state index contributed by atoms with van der Waals surface area (Å²) >= 11 is 0. The van der Waals surface area contributed by atoms with Crippen molar-refractivity contribution in [3.63, 3.8) is 0 Å². The zero-order valence-corrected chi connectivity index (χ0v) is 17.3. The molecule has 1 saturated heterocycles. The van der Waals surface area contributed by atoms with Gasteiger partial charge in [-0.15, -0.1) is 0 Å². The van der Waals surface area contributed by atoms with E-state index in [0.717, 1.165) is 12.0 Å². The summed E-state index contributed by atoms with van der Waals surface area (Å²) in [5, 5.41) is 2.85. The summed E-state index contributed by atoms with van der Waals surface area (Å²) in [4.78, 5) is 25.2. The van der Waals surface area contributed by atoms with Gasteiger partial charge in [0, 0.05) is 37.2 Å². The number of carbonyl (C=O) groups is 2. The minimum atomic E-state index is -3.31. The van der Waals surface area contributed by atoms with Crippen LogP contribution in [-0.4, -0.2) is 49.0 Å². The van der Waals surface area contributed by atoms with E-state index in [9.17, 15) is 18.0 Å². The first kappa shape index (κ1) is 20.5. The van der Waals surface area contributed by atoms with Gasteiger partial charge in [0.2, 0.25) is 10.0 Å². The topological polar surface area (TPSA) is 92.8 Å². The van der Waals surface area contributed by atoms with E-state index >= 15 is 0 Å². The first-order chi connectivity index (χ1) is 13.2. The van der Waals surface area contributed by atoms with Crippen molar-refractivity contribution in [1.29, 1.82) is 0 Å². The number of sulfonamides is 1. The maximum Gasteiger partial charge on any atom is 0.335 e. The van der Waals surface area contributed by atoms with Crippen LogP contribution >= 0.6 is 0 Å². The second kappa shape index (κ2) is 7.67. The lowest BCUT2D eigenvalue weighted by Crippen LogP contribution is -2.49. The third-order valence-corrected chi connectivity index (χ3v) is 7.44. The number of nitrogens with one attached hydrogen (secondary N) is 1. The zero-order valence-electron chi connectivity index (χ0n) is 16.4. The Hall–Kier alpha value is -2.19. The molecule has 3 rings (SSSR count). The summed E-state index contributed by atoms with van der Waals surface area (Å²) in [5.74, 6) is -0.867. The van der Waals surface area contributed by atoms with Gasteiger partial charge < -0.3 is 10.1 Å². The number of hydrogen-bond donors (Lipinski definition) is 1. The highest BCUT2D eigenvalue weighted by molar-refractivity contribution is 7.89. The van der Waals surface area contributed by atoms with E-state index in [1.54, 1.807) is 13.8 Å². The minimum absolute atomic E-state index is 0.0236. The fourth-order valence-corrected chi connectivity index (χ4v) is 4.91. The lowest BCUT2D eigenvalue weighted by atomic mass is 9.83. The van der Waals surface area contributed by atoms with Crippen LogP contribution < -0.4 is 5.32 Å². The number of anilines is 1. The van der Waals surface area contributed by atoms with Gasteiger partial charge in [-0.1, -0.05) is 19.1 Å². The van der Waals surface area contributed by atoms with Crippen LogP contribution in [0.5, 0.6) is 0 Å². The molecule has 0 atom stereocenters. The van der Waals surface area contributed by atoms with Crippen molar-refractivity contribution in [2.24, 2.45) is 0 Å². The van der Waals surface area contributed by atoms with Gasteiger partial charge in [-0.2, -0.15) is 0 Å². The molecule has 0 saturated carbocycles. The molecule has 2 heterocycles. The Bertz CT molecular complexity index is 910. The predicted molar refractivity (Wildman–Crippen MR) is 106 cm³/mol. The van der Waals surface area contributed by atoms with Crippen molar-refractivity contribution >= 4 is 27.6 Å². The number of piperidine rings is 1. The van der Waals surface area contributed by atoms with Crippen LogP contribution in [0, 0.1) is 0 Å². The monoisotopic (exact) mass is 406 g/mol. The van der Waals surface area contributed by atoms with Crippen LogP contribution in [0.4, 0.5) is 5.69 Å². The van der Waals surface area contributed by atoms with Gasteiger partial charge in [-0.3, -0.25) is 4.79 Å². The molecule has 1 aromatic rings. The number of hydrogen-bond acceptors (Lipinski definition) is 5. The van der Waals surface area contributed by atoms with Gasteiger partial charge in [-0.05, 0) is 38.0 Å². The summed E-state index contributed by atoms with van der Waals surface area (Å²) in [7, 11) is -3.31. The molecule has 0 radical (unpaired) electrons. The number of benzene rings is 1. The van der Waals surface area contributed by atoms with Crippen molar-refractivity contribution in [1.82, 2.24) is 4.31 Å². The highest BCUT2D eigenvalue weighted by Gasteiger charge is 2.51. The lowest BCUT2D eigenvalue weighted by Gasteiger charge is -2.38. The average Bonchev–Trinajstić information content (AvgIpc) is 2.92. The summed E-state index contributed by atoms with van der Waals surface area (Å²) in [6.07, 6.45) is 1.45. The quantitative estimate of drug-likeness (QED) is 0.757. The number of aryl methyl sites for hydroxylation is 1. The van der Waals surface area contributed by atoms with E-state index in [1.165, 1.54) is 4.31 Å². The van der Waals surface area contributed by atoms with Gasteiger partial charge in [-0.25, -0.2) is 17.5 Å². The molecule has 2 aliphatic heterocycles. The number of amides is 1. The number of ether oxygens (including phenoxy) is 1. The average molecular weight is 407 g/mol. The largest absolute Gasteiger partial charge is 0.450 e. The zero-order chi connectivity index (χ0) is 20.5. The first-order valence-electron chi connectivity index (χ1n) is 9.55. The Morgan fingerprint density at radius 2 is 1.79 bits per heavy atom. The third kappa shape index (κ3) is 3.71. The minimum Gasteiger partial charge on any atom is -0.450 e. The molecular weight excluding hydrogens is 380 g/mol. The van der Waals surface area contributed by atoms with Crippen LogP contribution in [-0.2, 0) is 30.8 Å². The number of rotatable bonds is 5. The van der Waals surface area contributed by atoms with Gasteiger partial charge >= 0.3 is 5.97 Å². The van der Waals surface area contributed by atoms with E-state index in [4.69, 9.17) is 4.74 Å². The van der Waals surface area contributed by atoms with Crippen LogP contribution in [0.3, 0.4) is 0 Å². The molecule has 1 spiro atoms. The molecule has 1 aromatic carbocycles. The Kier molecular flexibility index (Phi) is 5.63. The van der Waals surface area contributed by atoms with Crippen LogP contribution in [0.15, 0.2) is 35.4 Å². The van der Waals surface area contributed by atoms with Gasteiger partial charge in [0.25, 0.3) is 5.91 Å². The SMILES string of the molecule is CCc1ccc(NC(=O)C2=C(C)C(=O)OC23CCN(S(=O)(=O)CC)CC3)cc1. The molecule has 7 nitrogen and oxygen atoms in total. The van der Waals surface area contributed by atoms with Crippen molar-refractivity contribution < 1.29 is 22.7 Å². The highest BCUT2D eigenvalue weighted by Crippen LogP contribution is 2.42. The lowest BCUT2D eigenvalue weighted by molar-refractivity contribution is -0.149. The third-order valence-electron chi connectivity index (χ3n) is 5.56. The summed E-state index contributed by atoms with van der Waals surface area (Å²) < 4.78 is 31.3. The van der Waals surface area contributed by atoms with E-state index in [-0.39, 0.29) is 43.2 Å². The van der Waals surface area contributed by atoms with E-state index < -0.39 is 21.6 Å². The van der Waals surface area contributed by atoms with Gasteiger partial charge in [0.1, 0.15) is 5.60 Å². The molecule has 0 bridgehead atoms. The molecule has 8 heteroatoms. The van der Waals surface area contributed by atoms with E-state index in [2.05, 4.69) is 12.2 Å². The summed E-state index contributed by atoms with van der Waals surface area (Å²) in [6.45, 7) is 5.68. The fourth-order valence-electron chi connectivity index (χ4n) is 3.80. The van der Waals surface area contributed by atoms with Crippen molar-refractivity contribution in [3.8, 4) is 0 Å². The van der Waals surface area contributed by atoms with E-state index in [1.807, 2.05) is 24.3 Å². The summed E-state index contributed by atoms with van der Waals surface area (Å²) in [5.41, 5.74) is 1.34. The van der Waals surface area contributed by atoms with Gasteiger partial charge in [0.05, 0.1) is 11.3 Å². The predicted octanol–water partition coefficient (Wildman–Crippen LogP) is 2.25. The molecule has 0 unspecified atom stereocenters. The molecule has 28 heavy (non-hydrogen) atoms. The Labute approximate surface area is 165 Å². The standard InChI is InChI=1S/C20H26N2O5S/c1-4-15-6-8-16(9-7-15)21-18(23)17-14(3)19(24)27-20(17)10-12-22(13-11-20)28(25,26)5-2/h6-9H,4-5,10-13H2,1-3H3,(H,21,23). The Morgan fingerprint density at radius 3 is 2.32 bits per heavy atom. The second-order valence-electron chi connectivity index (χ2n) is 7.19. The Balaban J connectivity index is 1.81. The summed E-state index contributed by atoms with van der Waals surface area (Å²) in [6, 6.07) is 7.54. The number of nitrogens with zero attached hydrogens (tertiary/aromatic N) is 1. The van der Waals surface area contributed by atoms with Crippen LogP contribution in [0.2, 0.25) is 0 Å². The van der Waals surface area contributed by atoms with Crippen LogP contribution in [0.25, 0.3) is 0 Å². The molecule has 1 amide bonds. The molecule has 0 aliphatic carbocycles. The molecular formula is C20H26N2O5S. The molecule has 2 aliphatic rings. The Morgan fingerprint density at radius 1 is 1.18 bits per heavy atom. The van der Waals surface area contributed by atoms with E-state index in [0.29, 0.717) is 11.3 Å². The fraction of sp³-hybridized carbons (Fsp3) is 0.500. The molecule has 1 fully saturated rings.